The van der Waals surface area contributed by atoms with Crippen LogP contribution in [0.1, 0.15) is 10.4 Å². The number of ether oxygens (including phenoxy) is 1. The second-order valence-electron chi connectivity index (χ2n) is 5.03. The van der Waals surface area contributed by atoms with E-state index in [9.17, 15) is 9.59 Å². The minimum Gasteiger partial charge on any atom is -0.392 e. The Hall–Kier alpha value is -3.40. The number of nitrogens with zero attached hydrogens (tertiary/aromatic N) is 1. The number of benzene rings is 3. The van der Waals surface area contributed by atoms with Gasteiger partial charge in [-0.15, -0.1) is 0 Å². The highest BCUT2D eigenvalue weighted by Crippen LogP contribution is 2.36. The maximum absolute atomic E-state index is 12.2. The Balaban J connectivity index is 2.17. The summed E-state index contributed by atoms with van der Waals surface area (Å²) in [6.45, 7) is 0.147. The fourth-order valence-electron chi connectivity index (χ4n) is 2.53. The molecule has 3 aromatic rings. The number of rotatable bonds is 5. The Labute approximate surface area is 139 Å². The zero-order chi connectivity index (χ0) is 16.8. The predicted molar refractivity (Wildman–Crippen MR) is 92.6 cm³/mol. The lowest BCUT2D eigenvalue weighted by Crippen LogP contribution is -2.15. The Kier molecular flexibility index (Phi) is 4.68. The number of hydrogen-bond donors (Lipinski definition) is 0. The quantitative estimate of drug-likeness (QED) is 0.396. The van der Waals surface area contributed by atoms with Gasteiger partial charge in [0.15, 0.2) is 0 Å². The van der Waals surface area contributed by atoms with Crippen LogP contribution in [-0.2, 0) is 9.53 Å². The van der Waals surface area contributed by atoms with Crippen LogP contribution in [0.2, 0.25) is 0 Å². The van der Waals surface area contributed by atoms with E-state index in [-0.39, 0.29) is 6.47 Å². The minimum absolute atomic E-state index is 0.147. The van der Waals surface area contributed by atoms with Gasteiger partial charge in [-0.3, -0.25) is 4.79 Å². The van der Waals surface area contributed by atoms with E-state index in [2.05, 4.69) is 4.74 Å². The first-order valence-corrected chi connectivity index (χ1v) is 7.45. The maximum atomic E-state index is 12.2. The molecule has 0 unspecified atom stereocenters. The molecule has 0 aliphatic carbocycles. The molecule has 0 heterocycles. The van der Waals surface area contributed by atoms with Crippen molar-refractivity contribution in [1.82, 2.24) is 0 Å². The number of para-hydroxylation sites is 3. The van der Waals surface area contributed by atoms with Gasteiger partial charge in [-0.05, 0) is 36.4 Å². The maximum Gasteiger partial charge on any atom is 0.347 e. The molecule has 4 nitrogen and oxygen atoms in total. The highest BCUT2D eigenvalue weighted by Gasteiger charge is 2.20. The highest BCUT2D eigenvalue weighted by molar-refractivity contribution is 6.00. The molecule has 0 spiro atoms. The van der Waals surface area contributed by atoms with Gasteiger partial charge in [0.05, 0.1) is 11.3 Å². The van der Waals surface area contributed by atoms with Gasteiger partial charge in [0.25, 0.3) is 0 Å². The number of anilines is 3. The van der Waals surface area contributed by atoms with Gasteiger partial charge in [0.1, 0.15) is 0 Å². The smallest absolute Gasteiger partial charge is 0.347 e. The fraction of sp³-hybridized carbons (Fsp3) is 0. The van der Waals surface area contributed by atoms with Crippen LogP contribution in [0, 0.1) is 0 Å². The van der Waals surface area contributed by atoms with E-state index >= 15 is 0 Å². The van der Waals surface area contributed by atoms with E-state index in [1.165, 1.54) is 0 Å². The van der Waals surface area contributed by atoms with Crippen LogP contribution in [-0.4, -0.2) is 12.4 Å². The Morgan fingerprint density at radius 3 is 1.79 bits per heavy atom. The summed E-state index contributed by atoms with van der Waals surface area (Å²) >= 11 is 0. The second kappa shape index (κ2) is 7.24. The minimum atomic E-state index is -0.683. The molecule has 24 heavy (non-hydrogen) atoms. The van der Waals surface area contributed by atoms with Crippen molar-refractivity contribution in [2.45, 2.75) is 0 Å². The number of esters is 1. The standard InChI is InChI=1S/C20H15NO3/c22-15-24-20(23)18-13-7-8-14-19(18)21(16-9-3-1-4-10-16)17-11-5-2-6-12-17/h1-15H. The zero-order valence-electron chi connectivity index (χ0n) is 12.8. The van der Waals surface area contributed by atoms with Crippen molar-refractivity contribution in [3.63, 3.8) is 0 Å². The lowest BCUT2D eigenvalue weighted by Gasteiger charge is -2.26. The van der Waals surface area contributed by atoms with E-state index in [1.807, 2.05) is 77.7 Å². The molecule has 0 radical (unpaired) electrons. The van der Waals surface area contributed by atoms with E-state index in [0.29, 0.717) is 11.3 Å². The van der Waals surface area contributed by atoms with Gasteiger partial charge in [-0.25, -0.2) is 4.79 Å². The molecule has 0 aliphatic heterocycles. The molecule has 118 valence electrons. The average Bonchev–Trinajstić information content (AvgIpc) is 2.64. The van der Waals surface area contributed by atoms with Gasteiger partial charge in [-0.1, -0.05) is 48.5 Å². The lowest BCUT2D eigenvalue weighted by molar-refractivity contribution is -0.123. The van der Waals surface area contributed by atoms with Crippen molar-refractivity contribution in [3.05, 3.63) is 90.5 Å². The number of hydrogen-bond acceptors (Lipinski definition) is 4. The Bertz CT molecular complexity index is 792. The van der Waals surface area contributed by atoms with Crippen LogP contribution in [0.15, 0.2) is 84.9 Å². The van der Waals surface area contributed by atoms with Crippen LogP contribution in [0.4, 0.5) is 17.1 Å². The normalized spacial score (nSPS) is 10.0. The van der Waals surface area contributed by atoms with Gasteiger partial charge in [0.2, 0.25) is 0 Å². The van der Waals surface area contributed by atoms with Crippen molar-refractivity contribution in [2.75, 3.05) is 4.90 Å². The van der Waals surface area contributed by atoms with Crippen molar-refractivity contribution in [3.8, 4) is 0 Å². The van der Waals surface area contributed by atoms with Crippen LogP contribution in [0.5, 0.6) is 0 Å². The highest BCUT2D eigenvalue weighted by atomic mass is 16.6. The zero-order valence-corrected chi connectivity index (χ0v) is 12.8. The molecular formula is C20H15NO3. The summed E-state index contributed by atoms with van der Waals surface area (Å²) < 4.78 is 4.54. The molecule has 0 bridgehead atoms. The molecule has 0 amide bonds. The third kappa shape index (κ3) is 3.17. The molecule has 0 N–H and O–H groups in total. The van der Waals surface area contributed by atoms with E-state index < -0.39 is 5.97 Å². The molecular weight excluding hydrogens is 302 g/mol. The molecule has 3 rings (SSSR count). The Morgan fingerprint density at radius 1 is 0.750 bits per heavy atom. The fourth-order valence-corrected chi connectivity index (χ4v) is 2.53. The molecule has 0 saturated carbocycles. The molecule has 3 aromatic carbocycles. The summed E-state index contributed by atoms with van der Waals surface area (Å²) in [4.78, 5) is 24.7. The summed E-state index contributed by atoms with van der Waals surface area (Å²) in [7, 11) is 0. The van der Waals surface area contributed by atoms with Crippen molar-refractivity contribution in [1.29, 1.82) is 0 Å². The monoisotopic (exact) mass is 317 g/mol. The first-order valence-electron chi connectivity index (χ1n) is 7.45. The summed E-state index contributed by atoms with van der Waals surface area (Å²) in [5.41, 5.74) is 2.75. The van der Waals surface area contributed by atoms with E-state index in [1.54, 1.807) is 12.1 Å². The van der Waals surface area contributed by atoms with Gasteiger partial charge >= 0.3 is 12.4 Å². The van der Waals surface area contributed by atoms with Crippen molar-refractivity contribution in [2.24, 2.45) is 0 Å². The van der Waals surface area contributed by atoms with Gasteiger partial charge in [-0.2, -0.15) is 0 Å². The van der Waals surface area contributed by atoms with Crippen LogP contribution in [0.25, 0.3) is 0 Å². The topological polar surface area (TPSA) is 46.6 Å². The van der Waals surface area contributed by atoms with Crippen LogP contribution < -0.4 is 4.90 Å². The summed E-state index contributed by atoms with van der Waals surface area (Å²) in [6.07, 6.45) is 0. The van der Waals surface area contributed by atoms with Crippen molar-refractivity contribution < 1.29 is 14.3 Å². The van der Waals surface area contributed by atoms with Gasteiger partial charge < -0.3 is 9.64 Å². The SMILES string of the molecule is O=COC(=O)c1ccccc1N(c1ccccc1)c1ccccc1. The Morgan fingerprint density at radius 2 is 1.25 bits per heavy atom. The first kappa shape index (κ1) is 15.5. The lowest BCUT2D eigenvalue weighted by atomic mass is 10.1. The molecule has 0 saturated heterocycles. The summed E-state index contributed by atoms with van der Waals surface area (Å²) in [5.74, 6) is -0.683. The number of carbonyl (C=O) groups excluding carboxylic acids is 2. The van der Waals surface area contributed by atoms with Crippen LogP contribution >= 0.6 is 0 Å². The average molecular weight is 317 g/mol. The van der Waals surface area contributed by atoms with E-state index in [4.69, 9.17) is 0 Å². The van der Waals surface area contributed by atoms with Crippen LogP contribution in [0.3, 0.4) is 0 Å². The second-order valence-corrected chi connectivity index (χ2v) is 5.03. The summed E-state index contributed by atoms with van der Waals surface area (Å²) in [5, 5.41) is 0. The third-order valence-corrected chi connectivity index (χ3v) is 3.55. The van der Waals surface area contributed by atoms with Gasteiger partial charge in [0, 0.05) is 11.4 Å². The molecule has 0 fully saturated rings. The predicted octanol–water partition coefficient (Wildman–Crippen LogP) is 4.47. The first-order chi connectivity index (χ1) is 11.8. The molecule has 0 aromatic heterocycles. The van der Waals surface area contributed by atoms with E-state index in [0.717, 1.165) is 11.4 Å². The molecule has 4 heteroatoms. The third-order valence-electron chi connectivity index (χ3n) is 3.55. The molecule has 0 aliphatic rings. The largest absolute Gasteiger partial charge is 0.392 e. The molecule has 0 atom stereocenters. The number of carbonyl (C=O) groups is 2. The summed E-state index contributed by atoms with van der Waals surface area (Å²) in [6, 6.07) is 26.4. The van der Waals surface area contributed by atoms with Crippen molar-refractivity contribution >= 4 is 29.5 Å².